The van der Waals surface area contributed by atoms with E-state index in [-0.39, 0.29) is 0 Å². The maximum Gasteiger partial charge on any atom is 0.190 e. The maximum atomic E-state index is 4.37. The van der Waals surface area contributed by atoms with Gasteiger partial charge in [0.05, 0.1) is 0 Å². The third-order valence-corrected chi connectivity index (χ3v) is 5.74. The predicted octanol–water partition coefficient (Wildman–Crippen LogP) is 3.39. The molecule has 1 saturated carbocycles. The van der Waals surface area contributed by atoms with Crippen molar-refractivity contribution in [2.45, 2.75) is 57.9 Å². The fraction of sp³-hybridized carbons (Fsp3) is 0.682. The third-order valence-electron chi connectivity index (χ3n) is 5.74. The minimum absolute atomic E-state index is 0.608. The van der Waals surface area contributed by atoms with Crippen LogP contribution in [0.15, 0.2) is 29.3 Å². The summed E-state index contributed by atoms with van der Waals surface area (Å²) in [5.41, 5.74) is 2.84. The first-order valence-corrected chi connectivity index (χ1v) is 10.4. The molecule has 1 aliphatic carbocycles. The van der Waals surface area contributed by atoms with Gasteiger partial charge in [-0.1, -0.05) is 38.1 Å². The molecule has 1 aromatic carbocycles. The monoisotopic (exact) mass is 356 g/mol. The molecule has 1 aromatic rings. The molecule has 4 heteroatoms. The maximum absolute atomic E-state index is 4.37. The van der Waals surface area contributed by atoms with Crippen LogP contribution in [0.5, 0.6) is 0 Å². The van der Waals surface area contributed by atoms with Crippen molar-refractivity contribution in [2.75, 3.05) is 33.2 Å². The van der Waals surface area contributed by atoms with E-state index in [1.54, 1.807) is 0 Å². The van der Waals surface area contributed by atoms with Gasteiger partial charge in [-0.2, -0.15) is 0 Å². The number of hydrogen-bond acceptors (Lipinski definition) is 2. The molecule has 2 fully saturated rings. The molecule has 4 nitrogen and oxygen atoms in total. The minimum Gasteiger partial charge on any atom is -0.356 e. The number of guanidine groups is 1. The van der Waals surface area contributed by atoms with E-state index in [4.69, 9.17) is 0 Å². The highest BCUT2D eigenvalue weighted by atomic mass is 15.2. The van der Waals surface area contributed by atoms with Crippen molar-refractivity contribution in [2.24, 2.45) is 10.9 Å². The zero-order chi connectivity index (χ0) is 18.4. The lowest BCUT2D eigenvalue weighted by Gasteiger charge is -2.17. The van der Waals surface area contributed by atoms with E-state index in [0.717, 1.165) is 43.9 Å². The van der Waals surface area contributed by atoms with E-state index in [1.165, 1.54) is 43.5 Å². The van der Waals surface area contributed by atoms with E-state index in [1.807, 2.05) is 7.05 Å². The van der Waals surface area contributed by atoms with Gasteiger partial charge in [0.15, 0.2) is 5.96 Å². The molecular weight excluding hydrogens is 320 g/mol. The minimum atomic E-state index is 0.608. The smallest absolute Gasteiger partial charge is 0.190 e. The highest BCUT2D eigenvalue weighted by Crippen LogP contribution is 2.31. The van der Waals surface area contributed by atoms with Crippen molar-refractivity contribution in [1.29, 1.82) is 0 Å². The van der Waals surface area contributed by atoms with Crippen LogP contribution >= 0.6 is 0 Å². The van der Waals surface area contributed by atoms with Crippen LogP contribution < -0.4 is 10.6 Å². The summed E-state index contributed by atoms with van der Waals surface area (Å²) in [4.78, 5) is 7.05. The molecule has 0 amide bonds. The number of rotatable bonds is 8. The Bertz CT molecular complexity index is 574. The van der Waals surface area contributed by atoms with Crippen LogP contribution in [-0.2, 0) is 6.42 Å². The number of benzene rings is 1. The number of nitrogens with one attached hydrogen (secondary N) is 2. The first-order valence-electron chi connectivity index (χ1n) is 10.4. The van der Waals surface area contributed by atoms with Crippen LogP contribution in [0.1, 0.15) is 56.6 Å². The Labute approximate surface area is 159 Å². The molecule has 0 radical (unpaired) electrons. The summed E-state index contributed by atoms with van der Waals surface area (Å²) in [5.74, 6) is 2.33. The topological polar surface area (TPSA) is 39.7 Å². The van der Waals surface area contributed by atoms with E-state index in [2.05, 4.69) is 58.6 Å². The van der Waals surface area contributed by atoms with Crippen molar-refractivity contribution in [3.05, 3.63) is 35.4 Å². The molecule has 2 aliphatic rings. The van der Waals surface area contributed by atoms with E-state index in [0.29, 0.717) is 5.92 Å². The third kappa shape index (κ3) is 5.73. The first-order chi connectivity index (χ1) is 12.7. The second-order valence-electron chi connectivity index (χ2n) is 8.26. The van der Waals surface area contributed by atoms with Gasteiger partial charge in [0, 0.05) is 32.7 Å². The Kier molecular flexibility index (Phi) is 6.95. The highest BCUT2D eigenvalue weighted by Gasteiger charge is 2.34. The van der Waals surface area contributed by atoms with Crippen molar-refractivity contribution in [3.63, 3.8) is 0 Å². The number of hydrogen-bond donors (Lipinski definition) is 2. The van der Waals surface area contributed by atoms with Crippen molar-refractivity contribution < 1.29 is 0 Å². The molecule has 1 unspecified atom stereocenters. The molecule has 0 bridgehead atoms. The molecule has 26 heavy (non-hydrogen) atoms. The van der Waals surface area contributed by atoms with Crippen LogP contribution in [0.3, 0.4) is 0 Å². The number of likely N-dealkylation sites (tertiary alicyclic amines) is 1. The van der Waals surface area contributed by atoms with Crippen LogP contribution in [0.4, 0.5) is 0 Å². The standard InChI is InChI=1S/C22H36N4/c1-17(2)20-8-6-18(7-9-20)5-4-13-24-22(23-3)25-15-19-12-14-26(16-19)21-10-11-21/h6-9,17,19,21H,4-5,10-16H2,1-3H3,(H2,23,24,25). The molecule has 1 aliphatic heterocycles. The van der Waals surface area contributed by atoms with E-state index >= 15 is 0 Å². The summed E-state index contributed by atoms with van der Waals surface area (Å²) in [7, 11) is 1.87. The van der Waals surface area contributed by atoms with Crippen molar-refractivity contribution >= 4 is 5.96 Å². The average Bonchev–Trinajstić information content (AvgIpc) is 3.40. The van der Waals surface area contributed by atoms with Gasteiger partial charge in [-0.05, 0) is 61.6 Å². The molecule has 0 spiro atoms. The van der Waals surface area contributed by atoms with Gasteiger partial charge < -0.3 is 15.5 Å². The van der Waals surface area contributed by atoms with Crippen LogP contribution in [0.2, 0.25) is 0 Å². The van der Waals surface area contributed by atoms with Gasteiger partial charge in [0.1, 0.15) is 0 Å². The zero-order valence-electron chi connectivity index (χ0n) is 16.8. The number of aryl methyl sites for hydroxylation is 1. The second kappa shape index (κ2) is 9.40. The van der Waals surface area contributed by atoms with Gasteiger partial charge in [-0.25, -0.2) is 0 Å². The summed E-state index contributed by atoms with van der Waals surface area (Å²) in [5, 5.41) is 6.99. The fourth-order valence-corrected chi connectivity index (χ4v) is 3.83. The summed E-state index contributed by atoms with van der Waals surface area (Å²) in [6, 6.07) is 9.98. The normalized spacial score (nSPS) is 21.4. The molecule has 0 aromatic heterocycles. The van der Waals surface area contributed by atoms with Gasteiger partial charge in [-0.3, -0.25) is 4.99 Å². The quantitative estimate of drug-likeness (QED) is 0.426. The van der Waals surface area contributed by atoms with Gasteiger partial charge >= 0.3 is 0 Å². The first kappa shape index (κ1) is 19.2. The Hall–Kier alpha value is -1.55. The molecule has 144 valence electrons. The summed E-state index contributed by atoms with van der Waals surface area (Å²) in [6.07, 6.45) is 6.40. The van der Waals surface area contributed by atoms with Gasteiger partial charge in [0.25, 0.3) is 0 Å². The van der Waals surface area contributed by atoms with Crippen molar-refractivity contribution in [3.8, 4) is 0 Å². The summed E-state index contributed by atoms with van der Waals surface area (Å²) in [6.45, 7) is 9.04. The van der Waals surface area contributed by atoms with Crippen LogP contribution in [0.25, 0.3) is 0 Å². The van der Waals surface area contributed by atoms with Crippen molar-refractivity contribution in [1.82, 2.24) is 15.5 Å². The summed E-state index contributed by atoms with van der Waals surface area (Å²) >= 11 is 0. The Morgan fingerprint density at radius 2 is 1.92 bits per heavy atom. The van der Waals surface area contributed by atoms with Gasteiger partial charge in [-0.15, -0.1) is 0 Å². The van der Waals surface area contributed by atoms with E-state index in [9.17, 15) is 0 Å². The molecule has 1 heterocycles. The molecule has 3 rings (SSSR count). The summed E-state index contributed by atoms with van der Waals surface area (Å²) < 4.78 is 0. The van der Waals surface area contributed by atoms with Crippen LogP contribution in [0, 0.1) is 5.92 Å². The number of aliphatic imine (C=N–C) groups is 1. The Balaban J connectivity index is 1.30. The lowest BCUT2D eigenvalue weighted by Crippen LogP contribution is -2.40. The molecule has 2 N–H and O–H groups in total. The Morgan fingerprint density at radius 1 is 1.15 bits per heavy atom. The number of nitrogens with zero attached hydrogens (tertiary/aromatic N) is 2. The Morgan fingerprint density at radius 3 is 2.58 bits per heavy atom. The van der Waals surface area contributed by atoms with Crippen LogP contribution in [-0.4, -0.2) is 50.1 Å². The lowest BCUT2D eigenvalue weighted by molar-refractivity contribution is 0.314. The second-order valence-corrected chi connectivity index (χ2v) is 8.26. The van der Waals surface area contributed by atoms with E-state index < -0.39 is 0 Å². The molecular formula is C22H36N4. The molecule has 1 saturated heterocycles. The zero-order valence-corrected chi connectivity index (χ0v) is 16.8. The SMILES string of the molecule is CN=C(NCCCc1ccc(C(C)C)cc1)NCC1CCN(C2CC2)C1. The molecule has 1 atom stereocenters. The highest BCUT2D eigenvalue weighted by molar-refractivity contribution is 5.79. The fourth-order valence-electron chi connectivity index (χ4n) is 3.83. The largest absolute Gasteiger partial charge is 0.356 e. The van der Waals surface area contributed by atoms with Gasteiger partial charge in [0.2, 0.25) is 0 Å². The average molecular weight is 357 g/mol. The lowest BCUT2D eigenvalue weighted by atomic mass is 10.0. The predicted molar refractivity (Wildman–Crippen MR) is 111 cm³/mol.